The molecule has 0 atom stereocenters. The van der Waals surface area contributed by atoms with Gasteiger partial charge < -0.3 is 5.73 Å². The number of carboxylic acid groups (broad SMARTS) is 1. The Kier molecular flexibility index (Phi) is 12.1. The van der Waals surface area contributed by atoms with Crippen LogP contribution in [0.2, 0.25) is 0 Å². The van der Waals surface area contributed by atoms with Gasteiger partial charge in [0.05, 0.1) is 6.04 Å². The molecule has 0 fully saturated rings. The van der Waals surface area contributed by atoms with E-state index in [-0.39, 0.29) is 14.5 Å². The number of carbonyl (C=O) groups is 1. The fraction of sp³-hybridized carbons (Fsp3) is 0.667. The first kappa shape index (κ1) is 14.0. The van der Waals surface area contributed by atoms with Gasteiger partial charge in [-0.25, -0.2) is 0 Å². The van der Waals surface area contributed by atoms with Gasteiger partial charge in [-0.05, 0) is 13.8 Å². The second kappa shape index (κ2) is 10.4. The summed E-state index contributed by atoms with van der Waals surface area (Å²) in [5.41, 5.74) is 3.64. The van der Waals surface area contributed by atoms with E-state index in [1.54, 1.807) is 0 Å². The van der Waals surface area contributed by atoms with Gasteiger partial charge in [0.1, 0.15) is 0 Å². The van der Waals surface area contributed by atoms with Gasteiger partial charge in [0.25, 0.3) is 0 Å². The normalized spacial score (nSPS) is 8.00. The van der Waals surface area contributed by atoms with Crippen molar-refractivity contribution in [2.24, 2.45) is 0 Å². The maximum absolute atomic E-state index is 9.56. The molecule has 12 heavy (non-hydrogen) atoms. The third-order valence-corrected chi connectivity index (χ3v) is 0.607. The summed E-state index contributed by atoms with van der Waals surface area (Å²) >= 11 is 0. The van der Waals surface area contributed by atoms with E-state index in [4.69, 9.17) is 0 Å². The average Bonchev–Trinajstić information content (AvgIpc) is 1.86. The molecule has 0 saturated carbocycles. The van der Waals surface area contributed by atoms with E-state index in [1.165, 1.54) is 0 Å². The van der Waals surface area contributed by atoms with Crippen molar-refractivity contribution in [3.05, 3.63) is 0 Å². The van der Waals surface area contributed by atoms with Crippen LogP contribution in [0, 0.1) is 5.75 Å². The van der Waals surface area contributed by atoms with E-state index >= 15 is 0 Å². The van der Waals surface area contributed by atoms with Gasteiger partial charge in [0, 0.05) is 0 Å². The Balaban J connectivity index is 0. The van der Waals surface area contributed by atoms with Crippen molar-refractivity contribution in [2.75, 3.05) is 6.54 Å². The topological polar surface area (TPSA) is 96.9 Å². The second-order valence-corrected chi connectivity index (χ2v) is 2.73. The van der Waals surface area contributed by atoms with E-state index in [0.717, 1.165) is 0 Å². The summed E-state index contributed by atoms with van der Waals surface area (Å²) in [7, 11) is -0.352. The van der Waals surface area contributed by atoms with Crippen molar-refractivity contribution in [1.29, 1.82) is 0 Å². The zero-order valence-electron chi connectivity index (χ0n) is 7.16. The van der Waals surface area contributed by atoms with Gasteiger partial charge in [0.15, 0.2) is 0 Å². The summed E-state index contributed by atoms with van der Waals surface area (Å²) in [5, 5.41) is 11.7. The molecule has 0 aliphatic heterocycles. The van der Waals surface area contributed by atoms with E-state index in [2.05, 4.69) is 24.9 Å². The Labute approximate surface area is 72.5 Å². The Morgan fingerprint density at radius 3 is 2.42 bits per heavy atom. The number of carbonyl (C=O) groups excluding carboxylic acids is 1. The second-order valence-electron chi connectivity index (χ2n) is 2.32. The average molecular weight is 192 g/mol. The van der Waals surface area contributed by atoms with Crippen LogP contribution >= 0.6 is 7.92 Å². The zero-order chi connectivity index (χ0) is 9.98. The predicted octanol–water partition coefficient (Wildman–Crippen LogP) is -1.83. The number of quaternary nitrogens is 1. The molecule has 0 rings (SSSR count). The van der Waals surface area contributed by atoms with Crippen LogP contribution < -0.4 is 16.2 Å². The molecule has 0 bridgehead atoms. The van der Waals surface area contributed by atoms with Crippen LogP contribution in [0.4, 0.5) is 0 Å². The molecule has 0 spiro atoms. The van der Waals surface area contributed by atoms with E-state index in [0.29, 0.717) is 6.04 Å². The summed E-state index contributed by atoms with van der Waals surface area (Å²) in [6.07, 6.45) is 0. The van der Waals surface area contributed by atoms with Crippen molar-refractivity contribution in [3.8, 4) is 5.75 Å². The molecule has 0 heterocycles. The van der Waals surface area contributed by atoms with Crippen LogP contribution in [0.15, 0.2) is 0 Å². The third kappa shape index (κ3) is 34.3. The molecular formula is C6H13N2O3P. The molecule has 5 nitrogen and oxygen atoms in total. The molecule has 0 amide bonds. The monoisotopic (exact) mass is 192 g/mol. The van der Waals surface area contributed by atoms with Crippen LogP contribution in [0.5, 0.6) is 0 Å². The first-order valence-corrected chi connectivity index (χ1v) is 4.15. The maximum atomic E-state index is 9.56. The standard InChI is InChI=1S/C3H4NO3P.C3H9N/c5-3(6)1-4-2-8-7;1-3(2)4/h4H,1H2,(H,5,6);3H,4H2,1-2H3. The Morgan fingerprint density at radius 2 is 2.17 bits per heavy atom. The minimum absolute atomic E-state index is 0.352. The summed E-state index contributed by atoms with van der Waals surface area (Å²) in [6.45, 7) is 3.76. The molecule has 6 heteroatoms. The summed E-state index contributed by atoms with van der Waals surface area (Å²) in [5.74, 6) is 0.776. The predicted molar refractivity (Wildman–Crippen MR) is 42.5 cm³/mol. The molecular weight excluding hydrogens is 179 g/mol. The number of carboxylic acids is 1. The molecule has 0 aliphatic rings. The third-order valence-electron chi connectivity index (χ3n) is 0.357. The Hall–Kier alpha value is -0.600. The summed E-state index contributed by atoms with van der Waals surface area (Å²) in [6, 6.07) is 0.583. The van der Waals surface area contributed by atoms with Crippen molar-refractivity contribution in [2.45, 2.75) is 19.9 Å². The molecule has 0 unspecified atom stereocenters. The molecule has 0 radical (unpaired) electrons. The van der Waals surface area contributed by atoms with E-state index in [9.17, 15) is 14.5 Å². The van der Waals surface area contributed by atoms with Crippen LogP contribution in [-0.4, -0.2) is 18.6 Å². The summed E-state index contributed by atoms with van der Waals surface area (Å²) < 4.78 is 9.50. The first-order valence-electron chi connectivity index (χ1n) is 3.33. The first-order chi connectivity index (χ1) is 5.50. The number of aliphatic carboxylic acids is 1. The SMILES string of the molecule is CC(C)[NH3+].O=P#CNCC(=O)[O-]. The van der Waals surface area contributed by atoms with Crippen LogP contribution in [0.25, 0.3) is 0 Å². The van der Waals surface area contributed by atoms with E-state index in [1.807, 2.05) is 5.75 Å². The number of hydrogen-bond donors (Lipinski definition) is 2. The van der Waals surface area contributed by atoms with Gasteiger partial charge in [-0.3, -0.25) is 0 Å². The van der Waals surface area contributed by atoms with Gasteiger partial charge >= 0.3 is 46.0 Å². The van der Waals surface area contributed by atoms with Crippen molar-refractivity contribution in [3.63, 3.8) is 0 Å². The Bertz CT molecular complexity index is 207. The van der Waals surface area contributed by atoms with E-state index < -0.39 is 5.97 Å². The minimum atomic E-state index is -1.25. The molecule has 0 aliphatic carbocycles. The summed E-state index contributed by atoms with van der Waals surface area (Å²) in [4.78, 5) is 9.56. The molecule has 0 aromatic carbocycles. The number of nitrogens with one attached hydrogen (secondary N) is 1. The van der Waals surface area contributed by atoms with Crippen LogP contribution in [0.3, 0.4) is 0 Å². The Morgan fingerprint density at radius 1 is 1.75 bits per heavy atom. The van der Waals surface area contributed by atoms with Crippen molar-refractivity contribution < 1.29 is 20.2 Å². The van der Waals surface area contributed by atoms with Gasteiger partial charge in [0.2, 0.25) is 0 Å². The van der Waals surface area contributed by atoms with Crippen LogP contribution in [0.1, 0.15) is 13.8 Å². The van der Waals surface area contributed by atoms with Gasteiger partial charge in [-0.2, -0.15) is 0 Å². The van der Waals surface area contributed by atoms with Crippen molar-refractivity contribution in [1.82, 2.24) is 5.32 Å². The fourth-order valence-electron chi connectivity index (χ4n) is 0.144. The molecule has 0 saturated heterocycles. The zero-order valence-corrected chi connectivity index (χ0v) is 8.06. The molecule has 4 N–H and O–H groups in total. The fourth-order valence-corrected chi connectivity index (χ4v) is 0.288. The van der Waals surface area contributed by atoms with Crippen molar-refractivity contribution >= 4 is 13.9 Å². The quantitative estimate of drug-likeness (QED) is 0.397. The van der Waals surface area contributed by atoms with Crippen LogP contribution in [-0.2, 0) is 9.36 Å². The molecule has 70 valence electrons. The number of hydrogen-bond acceptors (Lipinski definition) is 4. The number of rotatable bonds is 2. The molecule has 0 aromatic heterocycles. The van der Waals surface area contributed by atoms with Gasteiger partial charge in [-0.1, -0.05) is 0 Å². The molecule has 0 aromatic rings. The van der Waals surface area contributed by atoms with Gasteiger partial charge in [-0.15, -0.1) is 0 Å².